The van der Waals surface area contributed by atoms with Crippen LogP contribution >= 0.6 is 0 Å². The number of rotatable bonds is 5. The molecular weight excluding hydrogens is 625 g/mol. The summed E-state index contributed by atoms with van der Waals surface area (Å²) in [4.78, 5) is 41.6. The number of nitrogens with zero attached hydrogens (tertiary/aromatic N) is 4. The van der Waals surface area contributed by atoms with Gasteiger partial charge in [-0.15, -0.1) is 0 Å². The number of amides is 2. The summed E-state index contributed by atoms with van der Waals surface area (Å²) in [6, 6.07) is 16.8. The number of carbonyl (C=O) groups excluding carboxylic acids is 2. The van der Waals surface area contributed by atoms with Crippen molar-refractivity contribution in [2.45, 2.75) is 32.5 Å². The summed E-state index contributed by atoms with van der Waals surface area (Å²) >= 11 is -0.635. The third-order valence-corrected chi connectivity index (χ3v) is 9.70. The standard InChI is InChI=1S/C33H30AsF2N6O2/c1-18-16-42(17-19(2)40-18)32(44)20-7-10-23(11-8-20)34-33-39-15-22-14-38-30(28-26(35)5-4-6-27(28)36)25-13-21(31(43)37-3)9-12-24(25)29(22)41-33/h4-13,15,18-19,40H,14,16-17H2,1-3H3,(H,37,43). The summed E-state index contributed by atoms with van der Waals surface area (Å²) in [5.74, 6) is -1.80. The van der Waals surface area contributed by atoms with E-state index in [9.17, 15) is 18.4 Å². The van der Waals surface area contributed by atoms with Crippen molar-refractivity contribution in [3.05, 3.63) is 106 Å². The maximum absolute atomic E-state index is 15.0. The van der Waals surface area contributed by atoms with Gasteiger partial charge in [0.05, 0.1) is 0 Å². The van der Waals surface area contributed by atoms with Crippen molar-refractivity contribution in [1.82, 2.24) is 25.5 Å². The SMILES string of the molecule is CNC(=O)c1ccc2c(c1)C(c1c(F)cccc1F)=NCc1cnc([As]c3ccc(C(=O)N4CC(C)NC(C)C4)cc3)nc1-2. The maximum atomic E-state index is 15.0. The van der Waals surface area contributed by atoms with Gasteiger partial charge in [0.1, 0.15) is 0 Å². The summed E-state index contributed by atoms with van der Waals surface area (Å²) in [5.41, 5.74) is 3.16. The first-order chi connectivity index (χ1) is 21.2. The van der Waals surface area contributed by atoms with Gasteiger partial charge in [0.25, 0.3) is 0 Å². The van der Waals surface area contributed by atoms with Crippen LogP contribution in [-0.2, 0) is 6.54 Å². The second kappa shape index (κ2) is 12.4. The van der Waals surface area contributed by atoms with E-state index in [1.54, 1.807) is 24.4 Å². The Hall–Kier alpha value is -4.27. The zero-order valence-electron chi connectivity index (χ0n) is 24.4. The number of carbonyl (C=O) groups is 2. The Bertz CT molecular complexity index is 1770. The van der Waals surface area contributed by atoms with E-state index >= 15 is 0 Å². The van der Waals surface area contributed by atoms with Gasteiger partial charge >= 0.3 is 261 Å². The van der Waals surface area contributed by atoms with Crippen LogP contribution in [-0.4, -0.2) is 80.4 Å². The molecule has 0 aliphatic carbocycles. The molecule has 0 saturated carbocycles. The van der Waals surface area contributed by atoms with E-state index in [0.29, 0.717) is 51.2 Å². The predicted molar refractivity (Wildman–Crippen MR) is 166 cm³/mol. The second-order valence-corrected chi connectivity index (χ2v) is 13.4. The van der Waals surface area contributed by atoms with Crippen LogP contribution in [0.1, 0.15) is 51.3 Å². The third-order valence-electron chi connectivity index (χ3n) is 7.67. The number of hydrogen-bond acceptors (Lipinski definition) is 6. The Labute approximate surface area is 260 Å². The number of piperazine rings is 1. The van der Waals surface area contributed by atoms with Crippen molar-refractivity contribution in [3.8, 4) is 11.3 Å². The number of aliphatic imine (C=N–C) groups is 1. The molecule has 11 heteroatoms. The number of halogens is 2. The third kappa shape index (κ3) is 5.92. The van der Waals surface area contributed by atoms with Gasteiger partial charge in [-0.05, 0) is 0 Å². The van der Waals surface area contributed by atoms with Gasteiger partial charge in [0, 0.05) is 0 Å². The fourth-order valence-corrected chi connectivity index (χ4v) is 7.36. The Morgan fingerprint density at radius 1 is 0.955 bits per heavy atom. The molecule has 6 rings (SSSR count). The van der Waals surface area contributed by atoms with Crippen LogP contribution in [0.2, 0.25) is 0 Å². The van der Waals surface area contributed by atoms with Gasteiger partial charge in [-0.3, -0.25) is 0 Å². The molecule has 2 amide bonds. The summed E-state index contributed by atoms with van der Waals surface area (Å²) in [5, 5.41) is 6.04. The van der Waals surface area contributed by atoms with Crippen molar-refractivity contribution >= 4 is 42.2 Å². The van der Waals surface area contributed by atoms with Gasteiger partial charge < -0.3 is 0 Å². The van der Waals surface area contributed by atoms with E-state index in [1.807, 2.05) is 29.2 Å². The molecule has 3 aromatic carbocycles. The molecule has 223 valence electrons. The fraction of sp³-hybridized carbons (Fsp3) is 0.242. The minimum atomic E-state index is -0.745. The van der Waals surface area contributed by atoms with E-state index in [-0.39, 0.29) is 41.7 Å². The zero-order valence-corrected chi connectivity index (χ0v) is 26.3. The van der Waals surface area contributed by atoms with Crippen LogP contribution in [0.15, 0.2) is 71.9 Å². The molecule has 1 fully saturated rings. The normalized spacial score (nSPS) is 17.9. The predicted octanol–water partition coefficient (Wildman–Crippen LogP) is 2.61. The van der Waals surface area contributed by atoms with Crippen LogP contribution in [0.5, 0.6) is 0 Å². The first-order valence-corrected chi connectivity index (χ1v) is 16.2. The Morgan fingerprint density at radius 2 is 1.64 bits per heavy atom. The first kappa shape index (κ1) is 29.8. The van der Waals surface area contributed by atoms with Crippen molar-refractivity contribution < 1.29 is 18.4 Å². The van der Waals surface area contributed by atoms with Crippen LogP contribution in [0.25, 0.3) is 11.3 Å². The molecule has 4 aromatic rings. The molecule has 1 radical (unpaired) electrons. The van der Waals surface area contributed by atoms with Crippen molar-refractivity contribution in [3.63, 3.8) is 0 Å². The van der Waals surface area contributed by atoms with Crippen LogP contribution in [0, 0.1) is 11.6 Å². The number of benzene rings is 3. The summed E-state index contributed by atoms with van der Waals surface area (Å²) in [6.45, 7) is 5.60. The molecule has 3 heterocycles. The zero-order chi connectivity index (χ0) is 31.0. The number of nitrogens with one attached hydrogen (secondary N) is 2. The Balaban J connectivity index is 1.32. The molecule has 0 bridgehead atoms. The quantitative estimate of drug-likeness (QED) is 0.323. The average molecular weight is 656 g/mol. The van der Waals surface area contributed by atoms with Crippen LogP contribution in [0.3, 0.4) is 0 Å². The first-order valence-electron chi connectivity index (χ1n) is 14.3. The Kier molecular flexibility index (Phi) is 8.38. The number of fused-ring (bicyclic) bond motifs is 3. The average Bonchev–Trinajstić information content (AvgIpc) is 3.16. The van der Waals surface area contributed by atoms with Crippen LogP contribution < -0.4 is 19.6 Å². The van der Waals surface area contributed by atoms with Crippen molar-refractivity contribution in [1.29, 1.82) is 0 Å². The summed E-state index contributed by atoms with van der Waals surface area (Å²) in [6.07, 6.45) is 1.71. The van der Waals surface area contributed by atoms with Crippen molar-refractivity contribution in [2.75, 3.05) is 20.1 Å². The Morgan fingerprint density at radius 3 is 2.32 bits per heavy atom. The molecule has 2 aliphatic rings. The molecule has 1 saturated heterocycles. The van der Waals surface area contributed by atoms with Gasteiger partial charge in [-0.2, -0.15) is 0 Å². The molecule has 44 heavy (non-hydrogen) atoms. The van der Waals surface area contributed by atoms with Gasteiger partial charge in [0.2, 0.25) is 0 Å². The summed E-state index contributed by atoms with van der Waals surface area (Å²) in [7, 11) is 1.52. The van der Waals surface area contributed by atoms with Gasteiger partial charge in [0.15, 0.2) is 0 Å². The monoisotopic (exact) mass is 655 g/mol. The number of hydrogen-bond donors (Lipinski definition) is 2. The molecule has 2 N–H and O–H groups in total. The summed E-state index contributed by atoms with van der Waals surface area (Å²) < 4.78 is 31.6. The van der Waals surface area contributed by atoms with Gasteiger partial charge in [-0.1, -0.05) is 0 Å². The second-order valence-electron chi connectivity index (χ2n) is 11.0. The molecule has 1 aromatic heterocycles. The van der Waals surface area contributed by atoms with E-state index < -0.39 is 27.4 Å². The fourth-order valence-electron chi connectivity index (χ4n) is 5.69. The molecule has 8 nitrogen and oxygen atoms in total. The minimum absolute atomic E-state index is 0.0177. The van der Waals surface area contributed by atoms with Crippen molar-refractivity contribution in [2.24, 2.45) is 4.99 Å². The van der Waals surface area contributed by atoms with E-state index in [4.69, 9.17) is 4.98 Å². The van der Waals surface area contributed by atoms with E-state index in [1.165, 1.54) is 25.2 Å². The molecule has 0 spiro atoms. The molecule has 2 atom stereocenters. The van der Waals surface area contributed by atoms with Gasteiger partial charge in [-0.25, -0.2) is 0 Å². The molecule has 2 aliphatic heterocycles. The topological polar surface area (TPSA) is 99.6 Å². The van der Waals surface area contributed by atoms with E-state index in [2.05, 4.69) is 34.5 Å². The van der Waals surface area contributed by atoms with E-state index in [0.717, 1.165) is 4.35 Å². The molecule has 2 unspecified atom stereocenters. The number of aromatic nitrogens is 2. The molecular formula is C33H30AsF2N6O2. The van der Waals surface area contributed by atoms with Crippen LogP contribution in [0.4, 0.5) is 8.78 Å².